The normalized spacial score (nSPS) is 14.9. The molecule has 1 aromatic rings. The summed E-state index contributed by atoms with van der Waals surface area (Å²) in [7, 11) is 0. The molecule has 0 saturated carbocycles. The Balaban J connectivity index is 1.99. The van der Waals surface area contributed by atoms with Crippen molar-refractivity contribution in [3.63, 3.8) is 0 Å². The van der Waals surface area contributed by atoms with Gasteiger partial charge in [-0.25, -0.2) is 4.79 Å². The van der Waals surface area contributed by atoms with E-state index in [9.17, 15) is 9.59 Å². The fourth-order valence-electron chi connectivity index (χ4n) is 2.06. The van der Waals surface area contributed by atoms with E-state index in [-0.39, 0.29) is 5.91 Å². The van der Waals surface area contributed by atoms with Crippen LogP contribution in [-0.4, -0.2) is 30.1 Å². The minimum atomic E-state index is -0.693. The van der Waals surface area contributed by atoms with Crippen molar-refractivity contribution in [2.24, 2.45) is 0 Å². The molecule has 1 heterocycles. The second-order valence-corrected chi connectivity index (χ2v) is 6.15. The van der Waals surface area contributed by atoms with E-state index >= 15 is 0 Å². The first-order valence-electron chi connectivity index (χ1n) is 7.06. The lowest BCUT2D eigenvalue weighted by molar-refractivity contribution is -0.156. The highest BCUT2D eigenvalue weighted by molar-refractivity contribution is 5.97. The maximum absolute atomic E-state index is 12.2. The van der Waals surface area contributed by atoms with Crippen LogP contribution in [0.25, 0.3) is 0 Å². The largest absolute Gasteiger partial charge is 0.493 e. The Bertz CT molecular complexity index is 560. The topological polar surface area (TPSA) is 64.6 Å². The monoisotopic (exact) mass is 291 g/mol. The standard InChI is InChI=1S/C16H21NO4/c1-10(15(19)21-16(2,3)4)17-14(18)12-5-6-13-11(9-12)7-8-20-13/h5-6,9-10H,7-8H2,1-4H3,(H,17,18)/t10-/m0/s1. The molecule has 1 atom stereocenters. The fraction of sp³-hybridized carbons (Fsp3) is 0.500. The molecule has 21 heavy (non-hydrogen) atoms. The quantitative estimate of drug-likeness (QED) is 0.866. The maximum atomic E-state index is 12.2. The molecule has 0 fully saturated rings. The molecular formula is C16H21NO4. The molecule has 1 amide bonds. The minimum Gasteiger partial charge on any atom is -0.493 e. The van der Waals surface area contributed by atoms with Crippen LogP contribution < -0.4 is 10.1 Å². The third kappa shape index (κ3) is 3.97. The van der Waals surface area contributed by atoms with E-state index < -0.39 is 17.6 Å². The number of carbonyl (C=O) groups excluding carboxylic acids is 2. The number of esters is 1. The van der Waals surface area contributed by atoms with Gasteiger partial charge in [-0.05, 0) is 51.5 Å². The van der Waals surface area contributed by atoms with Gasteiger partial charge in [0.05, 0.1) is 6.61 Å². The second-order valence-electron chi connectivity index (χ2n) is 6.15. The molecule has 5 nitrogen and oxygen atoms in total. The summed E-state index contributed by atoms with van der Waals surface area (Å²) in [5.41, 5.74) is 0.975. The molecule has 5 heteroatoms. The van der Waals surface area contributed by atoms with Crippen molar-refractivity contribution < 1.29 is 19.1 Å². The fourth-order valence-corrected chi connectivity index (χ4v) is 2.06. The summed E-state index contributed by atoms with van der Waals surface area (Å²) in [5.74, 6) is 0.0927. The van der Waals surface area contributed by atoms with Gasteiger partial charge < -0.3 is 14.8 Å². The van der Waals surface area contributed by atoms with Gasteiger partial charge in [-0.15, -0.1) is 0 Å². The zero-order valence-electron chi connectivity index (χ0n) is 12.9. The van der Waals surface area contributed by atoms with Gasteiger partial charge in [-0.3, -0.25) is 4.79 Å². The van der Waals surface area contributed by atoms with Gasteiger partial charge in [0, 0.05) is 12.0 Å². The summed E-state index contributed by atoms with van der Waals surface area (Å²) >= 11 is 0. The Morgan fingerprint density at radius 2 is 2.05 bits per heavy atom. The first-order chi connectivity index (χ1) is 9.76. The molecule has 2 rings (SSSR count). The molecule has 1 aromatic carbocycles. The maximum Gasteiger partial charge on any atom is 0.328 e. The zero-order valence-corrected chi connectivity index (χ0v) is 12.9. The molecule has 0 unspecified atom stereocenters. The predicted molar refractivity (Wildman–Crippen MR) is 78.4 cm³/mol. The van der Waals surface area contributed by atoms with E-state index in [0.717, 1.165) is 17.7 Å². The number of fused-ring (bicyclic) bond motifs is 1. The third-order valence-corrected chi connectivity index (χ3v) is 3.06. The number of hydrogen-bond donors (Lipinski definition) is 1. The first-order valence-corrected chi connectivity index (χ1v) is 7.06. The van der Waals surface area contributed by atoms with Crippen LogP contribution in [0.3, 0.4) is 0 Å². The van der Waals surface area contributed by atoms with Crippen LogP contribution in [-0.2, 0) is 16.0 Å². The van der Waals surface area contributed by atoms with E-state index in [1.54, 1.807) is 45.9 Å². The SMILES string of the molecule is C[C@H](NC(=O)c1ccc2c(c1)CCO2)C(=O)OC(C)(C)C. The molecule has 1 aliphatic rings. The van der Waals surface area contributed by atoms with Crippen molar-refractivity contribution in [1.82, 2.24) is 5.32 Å². The third-order valence-electron chi connectivity index (χ3n) is 3.06. The van der Waals surface area contributed by atoms with Crippen LogP contribution in [0.5, 0.6) is 5.75 Å². The average molecular weight is 291 g/mol. The second kappa shape index (κ2) is 5.76. The van der Waals surface area contributed by atoms with Crippen LogP contribution in [0.2, 0.25) is 0 Å². The molecule has 114 valence electrons. The summed E-state index contributed by atoms with van der Waals surface area (Å²) in [6.07, 6.45) is 0.804. The zero-order chi connectivity index (χ0) is 15.6. The van der Waals surface area contributed by atoms with Crippen molar-refractivity contribution in [2.45, 2.75) is 45.8 Å². The van der Waals surface area contributed by atoms with Gasteiger partial charge in [0.2, 0.25) is 0 Å². The number of rotatable bonds is 3. The lowest BCUT2D eigenvalue weighted by atomic mass is 10.1. The lowest BCUT2D eigenvalue weighted by Crippen LogP contribution is -2.42. The summed E-state index contributed by atoms with van der Waals surface area (Å²) in [6, 6.07) is 4.59. The average Bonchev–Trinajstić information content (AvgIpc) is 2.83. The summed E-state index contributed by atoms with van der Waals surface area (Å²) in [4.78, 5) is 24.0. The molecule has 0 radical (unpaired) electrons. The minimum absolute atomic E-state index is 0.289. The van der Waals surface area contributed by atoms with Crippen molar-refractivity contribution in [2.75, 3.05) is 6.61 Å². The van der Waals surface area contributed by atoms with Gasteiger partial charge in [-0.2, -0.15) is 0 Å². The van der Waals surface area contributed by atoms with Gasteiger partial charge in [0.25, 0.3) is 5.91 Å². The molecule has 0 aromatic heterocycles. The summed E-state index contributed by atoms with van der Waals surface area (Å²) in [5, 5.41) is 2.66. The molecule has 0 aliphatic carbocycles. The van der Waals surface area contributed by atoms with E-state index in [4.69, 9.17) is 9.47 Å². The predicted octanol–water partition coefficient (Wildman–Crippen LogP) is 2.08. The Morgan fingerprint density at radius 1 is 1.33 bits per heavy atom. The van der Waals surface area contributed by atoms with Crippen LogP contribution in [0.4, 0.5) is 0 Å². The Labute approximate surface area is 124 Å². The number of benzene rings is 1. The van der Waals surface area contributed by atoms with Crippen molar-refractivity contribution in [3.8, 4) is 5.75 Å². The van der Waals surface area contributed by atoms with E-state index in [0.29, 0.717) is 12.2 Å². The lowest BCUT2D eigenvalue weighted by Gasteiger charge is -2.22. The smallest absolute Gasteiger partial charge is 0.328 e. The summed E-state index contributed by atoms with van der Waals surface area (Å²) < 4.78 is 10.6. The number of ether oxygens (including phenoxy) is 2. The van der Waals surface area contributed by atoms with Crippen LogP contribution >= 0.6 is 0 Å². The van der Waals surface area contributed by atoms with Gasteiger partial charge in [0.15, 0.2) is 0 Å². The van der Waals surface area contributed by atoms with Crippen molar-refractivity contribution >= 4 is 11.9 Å². The van der Waals surface area contributed by atoms with E-state index in [1.165, 1.54) is 0 Å². The Morgan fingerprint density at radius 3 is 2.71 bits per heavy atom. The highest BCUT2D eigenvalue weighted by Crippen LogP contribution is 2.25. The van der Waals surface area contributed by atoms with Crippen molar-refractivity contribution in [1.29, 1.82) is 0 Å². The van der Waals surface area contributed by atoms with Gasteiger partial charge >= 0.3 is 5.97 Å². The first kappa shape index (κ1) is 15.4. The molecular weight excluding hydrogens is 270 g/mol. The molecule has 1 N–H and O–H groups in total. The van der Waals surface area contributed by atoms with Gasteiger partial charge in [-0.1, -0.05) is 0 Å². The Hall–Kier alpha value is -2.04. The van der Waals surface area contributed by atoms with Gasteiger partial charge in [0.1, 0.15) is 17.4 Å². The number of amides is 1. The number of carbonyl (C=O) groups is 2. The van der Waals surface area contributed by atoms with Crippen molar-refractivity contribution in [3.05, 3.63) is 29.3 Å². The molecule has 0 saturated heterocycles. The number of hydrogen-bond acceptors (Lipinski definition) is 4. The highest BCUT2D eigenvalue weighted by Gasteiger charge is 2.24. The Kier molecular flexibility index (Phi) is 4.21. The van der Waals surface area contributed by atoms with Crippen LogP contribution in [0, 0.1) is 0 Å². The molecule has 0 bridgehead atoms. The van der Waals surface area contributed by atoms with Crippen LogP contribution in [0.15, 0.2) is 18.2 Å². The molecule has 0 spiro atoms. The number of nitrogens with one attached hydrogen (secondary N) is 1. The van der Waals surface area contributed by atoms with Crippen LogP contribution in [0.1, 0.15) is 43.6 Å². The molecule has 1 aliphatic heterocycles. The summed E-state index contributed by atoms with van der Waals surface area (Å²) in [6.45, 7) is 7.64. The van der Waals surface area contributed by atoms with E-state index in [2.05, 4.69) is 5.32 Å². The van der Waals surface area contributed by atoms with E-state index in [1.807, 2.05) is 0 Å². The highest BCUT2D eigenvalue weighted by atomic mass is 16.6.